The average molecular weight is 256 g/mol. The van der Waals surface area contributed by atoms with Crippen molar-refractivity contribution in [2.45, 2.75) is 67.5 Å². The predicted molar refractivity (Wildman–Crippen MR) is 83.0 cm³/mol. The van der Waals surface area contributed by atoms with Crippen LogP contribution in [0.1, 0.15) is 55.4 Å². The van der Waals surface area contributed by atoms with Crippen molar-refractivity contribution < 1.29 is 0 Å². The molecule has 0 spiro atoms. The number of nitrogens with zero attached hydrogens (tertiary/aromatic N) is 1. The molecule has 0 amide bonds. The molecule has 0 aromatic carbocycles. The van der Waals surface area contributed by atoms with Crippen LogP contribution >= 0.6 is 0 Å². The van der Waals surface area contributed by atoms with Gasteiger partial charge in [-0.25, -0.2) is 0 Å². The zero-order chi connectivity index (χ0) is 14.3. The first-order chi connectivity index (χ1) is 8.23. The van der Waals surface area contributed by atoms with Crippen LogP contribution in [-0.4, -0.2) is 36.6 Å². The standard InChI is InChI=1S/C16H36N2/c1-12(2)10-18(11-13(3)4)16(14(5)6)9-17-15(7)8/h12-17H,9-11H2,1-8H3. The molecule has 1 unspecified atom stereocenters. The van der Waals surface area contributed by atoms with Crippen molar-refractivity contribution in [1.82, 2.24) is 10.2 Å². The number of nitrogens with one attached hydrogen (secondary N) is 1. The predicted octanol–water partition coefficient (Wildman–Crippen LogP) is 3.62. The highest BCUT2D eigenvalue weighted by Gasteiger charge is 2.23. The van der Waals surface area contributed by atoms with Crippen LogP contribution in [0.3, 0.4) is 0 Å². The Morgan fingerprint density at radius 3 is 1.50 bits per heavy atom. The summed E-state index contributed by atoms with van der Waals surface area (Å²) in [7, 11) is 0. The van der Waals surface area contributed by atoms with Crippen molar-refractivity contribution in [1.29, 1.82) is 0 Å². The molecule has 2 nitrogen and oxygen atoms in total. The average Bonchev–Trinajstić information content (AvgIpc) is 2.14. The molecule has 0 aliphatic carbocycles. The number of hydrogen-bond acceptors (Lipinski definition) is 2. The van der Waals surface area contributed by atoms with Gasteiger partial charge in [-0.3, -0.25) is 4.90 Å². The molecule has 0 saturated carbocycles. The zero-order valence-corrected chi connectivity index (χ0v) is 14.0. The lowest BCUT2D eigenvalue weighted by Crippen LogP contribution is -2.49. The molecule has 0 aliphatic heterocycles. The van der Waals surface area contributed by atoms with Gasteiger partial charge in [0.05, 0.1) is 0 Å². The molecule has 110 valence electrons. The second kappa shape index (κ2) is 8.92. The van der Waals surface area contributed by atoms with Crippen molar-refractivity contribution in [2.24, 2.45) is 17.8 Å². The Bertz CT molecular complexity index is 187. The van der Waals surface area contributed by atoms with Crippen molar-refractivity contribution >= 4 is 0 Å². The van der Waals surface area contributed by atoms with Gasteiger partial charge < -0.3 is 5.32 Å². The second-order valence-corrected chi connectivity index (χ2v) is 7.12. The van der Waals surface area contributed by atoms with Crippen LogP contribution in [0.4, 0.5) is 0 Å². The molecule has 0 aliphatic rings. The van der Waals surface area contributed by atoms with Crippen LogP contribution in [0.5, 0.6) is 0 Å². The monoisotopic (exact) mass is 256 g/mol. The van der Waals surface area contributed by atoms with Crippen molar-refractivity contribution in [3.8, 4) is 0 Å². The Morgan fingerprint density at radius 2 is 1.22 bits per heavy atom. The third-order valence-corrected chi connectivity index (χ3v) is 3.17. The molecule has 0 aromatic rings. The first-order valence-corrected chi connectivity index (χ1v) is 7.71. The van der Waals surface area contributed by atoms with Crippen LogP contribution in [0.2, 0.25) is 0 Å². The van der Waals surface area contributed by atoms with E-state index in [1.54, 1.807) is 0 Å². The largest absolute Gasteiger partial charge is 0.313 e. The van der Waals surface area contributed by atoms with Gasteiger partial charge in [-0.15, -0.1) is 0 Å². The second-order valence-electron chi connectivity index (χ2n) is 7.12. The zero-order valence-electron chi connectivity index (χ0n) is 14.0. The van der Waals surface area contributed by atoms with Gasteiger partial charge in [0.25, 0.3) is 0 Å². The van der Waals surface area contributed by atoms with E-state index >= 15 is 0 Å². The van der Waals surface area contributed by atoms with E-state index in [4.69, 9.17) is 0 Å². The van der Waals surface area contributed by atoms with Crippen molar-refractivity contribution in [3.05, 3.63) is 0 Å². The minimum absolute atomic E-state index is 0.575. The Balaban J connectivity index is 4.62. The van der Waals surface area contributed by atoms with E-state index in [1.165, 1.54) is 13.1 Å². The summed E-state index contributed by atoms with van der Waals surface area (Å²) in [5, 5.41) is 3.61. The molecule has 0 bridgehead atoms. The Labute approximate surface area is 116 Å². The fourth-order valence-corrected chi connectivity index (χ4v) is 2.43. The van der Waals surface area contributed by atoms with Gasteiger partial charge in [0.1, 0.15) is 0 Å². The highest BCUT2D eigenvalue weighted by atomic mass is 15.2. The van der Waals surface area contributed by atoms with Crippen LogP contribution < -0.4 is 5.32 Å². The van der Waals surface area contributed by atoms with Gasteiger partial charge in [0, 0.05) is 31.7 Å². The van der Waals surface area contributed by atoms with E-state index in [1.807, 2.05) is 0 Å². The Kier molecular flexibility index (Phi) is 8.89. The molecule has 1 N–H and O–H groups in total. The van der Waals surface area contributed by atoms with E-state index in [0.717, 1.165) is 18.4 Å². The number of hydrogen-bond donors (Lipinski definition) is 1. The summed E-state index contributed by atoms with van der Waals surface area (Å²) in [6.07, 6.45) is 0. The fourth-order valence-electron chi connectivity index (χ4n) is 2.43. The van der Waals surface area contributed by atoms with E-state index in [-0.39, 0.29) is 0 Å². The third-order valence-electron chi connectivity index (χ3n) is 3.17. The van der Waals surface area contributed by atoms with Crippen LogP contribution in [-0.2, 0) is 0 Å². The van der Waals surface area contributed by atoms with Crippen LogP contribution in [0.25, 0.3) is 0 Å². The van der Waals surface area contributed by atoms with Gasteiger partial charge in [0.2, 0.25) is 0 Å². The quantitative estimate of drug-likeness (QED) is 0.678. The highest BCUT2D eigenvalue weighted by Crippen LogP contribution is 2.15. The summed E-state index contributed by atoms with van der Waals surface area (Å²) in [6, 6.07) is 1.23. The van der Waals surface area contributed by atoms with E-state index in [2.05, 4.69) is 65.6 Å². The molecule has 0 heterocycles. The summed E-state index contributed by atoms with van der Waals surface area (Å²) in [6.45, 7) is 22.0. The Hall–Kier alpha value is -0.0800. The van der Waals surface area contributed by atoms with E-state index < -0.39 is 0 Å². The topological polar surface area (TPSA) is 15.3 Å². The van der Waals surface area contributed by atoms with Crippen LogP contribution in [0.15, 0.2) is 0 Å². The minimum Gasteiger partial charge on any atom is -0.313 e. The summed E-state index contributed by atoms with van der Waals surface area (Å²) in [5.41, 5.74) is 0. The molecular formula is C16H36N2. The first-order valence-electron chi connectivity index (χ1n) is 7.71. The van der Waals surface area contributed by atoms with E-state index in [9.17, 15) is 0 Å². The van der Waals surface area contributed by atoms with Crippen LogP contribution in [0, 0.1) is 17.8 Å². The third kappa shape index (κ3) is 8.10. The molecule has 0 saturated heterocycles. The maximum absolute atomic E-state index is 3.61. The smallest absolute Gasteiger partial charge is 0.0243 e. The Morgan fingerprint density at radius 1 is 0.778 bits per heavy atom. The first kappa shape index (κ1) is 17.9. The lowest BCUT2D eigenvalue weighted by Gasteiger charge is -2.37. The van der Waals surface area contributed by atoms with Gasteiger partial charge >= 0.3 is 0 Å². The van der Waals surface area contributed by atoms with Crippen molar-refractivity contribution in [2.75, 3.05) is 19.6 Å². The van der Waals surface area contributed by atoms with Crippen molar-refractivity contribution in [3.63, 3.8) is 0 Å². The van der Waals surface area contributed by atoms with E-state index in [0.29, 0.717) is 18.0 Å². The fraction of sp³-hybridized carbons (Fsp3) is 1.00. The SMILES string of the molecule is CC(C)CN(CC(C)C)C(CNC(C)C)C(C)C. The molecule has 2 heteroatoms. The van der Waals surface area contributed by atoms with Gasteiger partial charge in [0.15, 0.2) is 0 Å². The normalized spacial score (nSPS) is 14.5. The maximum atomic E-state index is 3.61. The number of rotatable bonds is 9. The molecule has 18 heavy (non-hydrogen) atoms. The van der Waals surface area contributed by atoms with Gasteiger partial charge in [-0.05, 0) is 17.8 Å². The summed E-state index contributed by atoms with van der Waals surface area (Å²) >= 11 is 0. The molecule has 1 atom stereocenters. The lowest BCUT2D eigenvalue weighted by molar-refractivity contribution is 0.119. The minimum atomic E-state index is 0.575. The van der Waals surface area contributed by atoms with Gasteiger partial charge in [-0.1, -0.05) is 55.4 Å². The lowest BCUT2D eigenvalue weighted by atomic mass is 9.99. The summed E-state index contributed by atoms with van der Waals surface area (Å²) in [5.74, 6) is 2.18. The molecule has 0 fully saturated rings. The molecule has 0 rings (SSSR count). The molecule has 0 aromatic heterocycles. The molecular weight excluding hydrogens is 220 g/mol. The summed E-state index contributed by atoms with van der Waals surface area (Å²) in [4.78, 5) is 2.69. The molecule has 0 radical (unpaired) electrons. The summed E-state index contributed by atoms with van der Waals surface area (Å²) < 4.78 is 0. The highest BCUT2D eigenvalue weighted by molar-refractivity contribution is 4.79. The maximum Gasteiger partial charge on any atom is 0.0243 e. The van der Waals surface area contributed by atoms with Gasteiger partial charge in [-0.2, -0.15) is 0 Å².